The number of hydrogen-bond acceptors (Lipinski definition) is 10. The lowest BCUT2D eigenvalue weighted by Gasteiger charge is -2.07. The van der Waals surface area contributed by atoms with Crippen LogP contribution in [0.25, 0.3) is 0 Å². The minimum Gasteiger partial charge on any atom is -0.475 e. The Hall–Kier alpha value is -3.64. The number of hydrogen-bond donors (Lipinski definition) is 4. The van der Waals surface area contributed by atoms with Crippen LogP contribution in [0.4, 0.5) is 0 Å². The molecule has 0 bridgehead atoms. The summed E-state index contributed by atoms with van der Waals surface area (Å²) in [5.41, 5.74) is 3.34. The minimum absolute atomic E-state index is 0.0154. The van der Waals surface area contributed by atoms with Crippen LogP contribution in [0.2, 0.25) is 0 Å². The maximum atomic E-state index is 11.8. The van der Waals surface area contributed by atoms with Gasteiger partial charge in [-0.3, -0.25) is 14.4 Å². The third kappa shape index (κ3) is 16.0. The highest BCUT2D eigenvalue weighted by atomic mass is 16.5. The van der Waals surface area contributed by atoms with Gasteiger partial charge in [0.15, 0.2) is 0 Å². The summed E-state index contributed by atoms with van der Waals surface area (Å²) < 4.78 is 15.1. The van der Waals surface area contributed by atoms with Crippen LogP contribution in [-0.4, -0.2) is 63.9 Å². The summed E-state index contributed by atoms with van der Waals surface area (Å²) in [7, 11) is 0. The summed E-state index contributed by atoms with van der Waals surface area (Å²) in [4.78, 5) is 43.8. The lowest BCUT2D eigenvalue weighted by atomic mass is 10.1. The molecule has 39 heavy (non-hydrogen) atoms. The SMILES string of the molecule is O=C(CCCCC(=O)OCc1ccc(CO)cc1)OCc1ccc(CO)cc1.O=C(O)C(=O)CCOCCO. The standard InChI is InChI=1S/C22H26O6.C6H10O5/c23-13-17-5-9-19(10-6-17)15-27-21(25)3-1-2-4-22(26)28-16-20-11-7-18(14-24)8-12-20;7-2-4-11-3-1-5(8)6(9)10/h5-12,23-24H,1-4,13-16H2;7H,1-4H2,(H,9,10). The lowest BCUT2D eigenvalue weighted by molar-refractivity contribution is -0.149. The van der Waals surface area contributed by atoms with Gasteiger partial charge in [0.2, 0.25) is 5.78 Å². The zero-order valence-electron chi connectivity index (χ0n) is 21.8. The summed E-state index contributed by atoms with van der Waals surface area (Å²) in [5.74, 6) is -2.92. The zero-order valence-corrected chi connectivity index (χ0v) is 21.8. The van der Waals surface area contributed by atoms with Crippen molar-refractivity contribution in [1.82, 2.24) is 0 Å². The fourth-order valence-corrected chi connectivity index (χ4v) is 2.93. The van der Waals surface area contributed by atoms with E-state index in [0.717, 1.165) is 22.3 Å². The molecule has 0 amide bonds. The Balaban J connectivity index is 0.000000584. The summed E-state index contributed by atoms with van der Waals surface area (Å²) >= 11 is 0. The Kier molecular flexibility index (Phi) is 17.4. The second kappa shape index (κ2) is 20.3. The van der Waals surface area contributed by atoms with Crippen LogP contribution in [0.15, 0.2) is 48.5 Å². The second-order valence-corrected chi connectivity index (χ2v) is 8.29. The molecule has 0 unspecified atom stereocenters. The Morgan fingerprint density at radius 1 is 0.590 bits per heavy atom. The number of aliphatic hydroxyl groups is 3. The molecule has 0 saturated heterocycles. The van der Waals surface area contributed by atoms with Crippen LogP contribution in [0.3, 0.4) is 0 Å². The van der Waals surface area contributed by atoms with E-state index in [9.17, 15) is 19.2 Å². The first-order chi connectivity index (χ1) is 18.8. The molecule has 0 aliphatic heterocycles. The molecule has 11 heteroatoms. The molecule has 4 N–H and O–H groups in total. The number of carbonyl (C=O) groups is 4. The Bertz CT molecular complexity index is 936. The molecular weight excluding hydrogens is 512 g/mol. The molecule has 2 rings (SSSR count). The third-order valence-corrected chi connectivity index (χ3v) is 5.17. The summed E-state index contributed by atoms with van der Waals surface area (Å²) in [6.45, 7) is 0.417. The molecule has 214 valence electrons. The number of ether oxygens (including phenoxy) is 3. The number of aliphatic carboxylic acids is 1. The van der Waals surface area contributed by atoms with Gasteiger partial charge in [0, 0.05) is 19.3 Å². The van der Waals surface area contributed by atoms with Crippen LogP contribution < -0.4 is 0 Å². The normalized spacial score (nSPS) is 10.2. The van der Waals surface area contributed by atoms with Crippen molar-refractivity contribution in [2.45, 2.75) is 58.5 Å². The van der Waals surface area contributed by atoms with Crippen LogP contribution in [0.1, 0.15) is 54.4 Å². The molecular formula is C28H36O11. The van der Waals surface area contributed by atoms with Gasteiger partial charge in [0.1, 0.15) is 13.2 Å². The smallest absolute Gasteiger partial charge is 0.372 e. The third-order valence-electron chi connectivity index (χ3n) is 5.17. The van der Waals surface area contributed by atoms with Gasteiger partial charge in [0.05, 0.1) is 33.0 Å². The van der Waals surface area contributed by atoms with Gasteiger partial charge in [-0.05, 0) is 35.1 Å². The minimum atomic E-state index is -1.45. The van der Waals surface area contributed by atoms with Crippen molar-refractivity contribution >= 4 is 23.7 Å². The molecule has 0 spiro atoms. The average molecular weight is 549 g/mol. The van der Waals surface area contributed by atoms with E-state index in [1.807, 2.05) is 24.3 Å². The van der Waals surface area contributed by atoms with Crippen LogP contribution in [0, 0.1) is 0 Å². The molecule has 11 nitrogen and oxygen atoms in total. The maximum Gasteiger partial charge on any atom is 0.372 e. The topological polar surface area (TPSA) is 177 Å². The lowest BCUT2D eigenvalue weighted by Crippen LogP contribution is -2.15. The molecule has 0 aliphatic carbocycles. The zero-order chi connectivity index (χ0) is 28.9. The number of aliphatic hydroxyl groups excluding tert-OH is 3. The van der Waals surface area contributed by atoms with Gasteiger partial charge in [0.25, 0.3) is 0 Å². The van der Waals surface area contributed by atoms with E-state index in [4.69, 9.17) is 29.9 Å². The molecule has 0 heterocycles. The van der Waals surface area contributed by atoms with Gasteiger partial charge in [-0.1, -0.05) is 48.5 Å². The number of ketones is 1. The first-order valence-corrected chi connectivity index (χ1v) is 12.4. The molecule has 0 aliphatic rings. The number of esters is 2. The van der Waals surface area contributed by atoms with E-state index in [1.165, 1.54) is 0 Å². The van der Waals surface area contributed by atoms with Crippen LogP contribution >= 0.6 is 0 Å². The van der Waals surface area contributed by atoms with E-state index in [2.05, 4.69) is 4.74 Å². The number of carboxylic acid groups (broad SMARTS) is 1. The summed E-state index contributed by atoms with van der Waals surface area (Å²) in [5, 5.41) is 34.3. The van der Waals surface area contributed by atoms with Crippen LogP contribution in [0.5, 0.6) is 0 Å². The Morgan fingerprint density at radius 3 is 1.36 bits per heavy atom. The second-order valence-electron chi connectivity index (χ2n) is 8.29. The van der Waals surface area contributed by atoms with Gasteiger partial charge in [-0.25, -0.2) is 4.79 Å². The quantitative estimate of drug-likeness (QED) is 0.129. The van der Waals surface area contributed by atoms with Gasteiger partial charge in [-0.15, -0.1) is 0 Å². The summed E-state index contributed by atoms with van der Waals surface area (Å²) in [6, 6.07) is 14.4. The van der Waals surface area contributed by atoms with Crippen molar-refractivity contribution in [3.05, 3.63) is 70.8 Å². The molecule has 0 fully saturated rings. The van der Waals surface area contributed by atoms with Crippen molar-refractivity contribution in [1.29, 1.82) is 0 Å². The highest BCUT2D eigenvalue weighted by Crippen LogP contribution is 2.10. The van der Waals surface area contributed by atoms with Crippen molar-refractivity contribution in [2.75, 3.05) is 19.8 Å². The van der Waals surface area contributed by atoms with E-state index in [0.29, 0.717) is 12.8 Å². The van der Waals surface area contributed by atoms with Gasteiger partial charge < -0.3 is 34.6 Å². The first-order valence-electron chi connectivity index (χ1n) is 12.4. The predicted octanol–water partition coefficient (Wildman–Crippen LogP) is 2.06. The van der Waals surface area contributed by atoms with Crippen LogP contribution in [-0.2, 0) is 59.8 Å². The van der Waals surface area contributed by atoms with Gasteiger partial charge in [-0.2, -0.15) is 0 Å². The average Bonchev–Trinajstić information content (AvgIpc) is 2.96. The molecule has 2 aromatic rings. The number of unbranched alkanes of at least 4 members (excludes halogenated alkanes) is 1. The molecule has 0 saturated carbocycles. The predicted molar refractivity (Wildman–Crippen MR) is 138 cm³/mol. The van der Waals surface area contributed by atoms with E-state index < -0.39 is 11.8 Å². The molecule has 0 radical (unpaired) electrons. The number of benzene rings is 2. The first kappa shape index (κ1) is 33.4. The monoisotopic (exact) mass is 548 g/mol. The van der Waals surface area contributed by atoms with E-state index >= 15 is 0 Å². The number of Topliss-reactive ketones (excluding diaryl/α,β-unsaturated/α-hetero) is 1. The van der Waals surface area contributed by atoms with Crippen molar-refractivity contribution in [3.8, 4) is 0 Å². The molecule has 0 atom stereocenters. The summed E-state index contributed by atoms with van der Waals surface area (Å²) in [6.07, 6.45) is 1.48. The number of carboxylic acids is 1. The molecule has 2 aromatic carbocycles. The highest BCUT2D eigenvalue weighted by Gasteiger charge is 2.10. The Morgan fingerprint density at radius 2 is 1.00 bits per heavy atom. The fourth-order valence-electron chi connectivity index (χ4n) is 2.93. The maximum absolute atomic E-state index is 11.8. The number of carbonyl (C=O) groups excluding carboxylic acids is 3. The van der Waals surface area contributed by atoms with Crippen molar-refractivity contribution in [2.24, 2.45) is 0 Å². The number of rotatable bonds is 17. The van der Waals surface area contributed by atoms with Crippen molar-refractivity contribution < 1.29 is 53.8 Å². The highest BCUT2D eigenvalue weighted by molar-refractivity contribution is 6.32. The Labute approximate surface area is 226 Å². The van der Waals surface area contributed by atoms with E-state index in [1.54, 1.807) is 24.3 Å². The molecule has 0 aromatic heterocycles. The largest absolute Gasteiger partial charge is 0.475 e. The van der Waals surface area contributed by atoms with Gasteiger partial charge >= 0.3 is 17.9 Å². The van der Waals surface area contributed by atoms with Crippen molar-refractivity contribution in [3.63, 3.8) is 0 Å². The van der Waals surface area contributed by atoms with E-state index in [-0.39, 0.29) is 77.4 Å². The fraction of sp³-hybridized carbons (Fsp3) is 0.429.